The van der Waals surface area contributed by atoms with E-state index < -0.39 is 0 Å². The summed E-state index contributed by atoms with van der Waals surface area (Å²) in [4.78, 5) is 0. The molecule has 2 aromatic rings. The van der Waals surface area contributed by atoms with Crippen LogP contribution in [0.1, 0.15) is 16.8 Å². The number of rotatable bonds is 4. The molecule has 0 unspecified atom stereocenters. The maximum atomic E-state index is 5.59. The standard InChI is InChI=1S/C15H21N3O/c1-10-7-11(2)15(14(8-10)19-4)13-9-12(5-6-16)17-18(13)3/h7-9H,5-6,16H2,1-4H3. The highest BCUT2D eigenvalue weighted by Gasteiger charge is 2.15. The Balaban J connectivity index is 2.58. The van der Waals surface area contributed by atoms with Gasteiger partial charge in [0.05, 0.1) is 18.5 Å². The van der Waals surface area contributed by atoms with E-state index in [4.69, 9.17) is 10.5 Å². The monoisotopic (exact) mass is 259 g/mol. The minimum Gasteiger partial charge on any atom is -0.496 e. The molecule has 0 fully saturated rings. The lowest BCUT2D eigenvalue weighted by atomic mass is 10.0. The van der Waals surface area contributed by atoms with Crippen molar-refractivity contribution in [2.45, 2.75) is 20.3 Å². The lowest BCUT2D eigenvalue weighted by Gasteiger charge is -2.13. The van der Waals surface area contributed by atoms with Crippen LogP contribution in [0.25, 0.3) is 11.3 Å². The van der Waals surface area contributed by atoms with Crippen LogP contribution in [-0.2, 0) is 13.5 Å². The third kappa shape index (κ3) is 2.63. The molecule has 102 valence electrons. The molecular formula is C15H21N3O. The van der Waals surface area contributed by atoms with Crippen LogP contribution < -0.4 is 10.5 Å². The second-order valence-electron chi connectivity index (χ2n) is 4.84. The molecule has 0 aliphatic heterocycles. The average molecular weight is 259 g/mol. The molecule has 1 aromatic heterocycles. The molecule has 0 aliphatic rings. The van der Waals surface area contributed by atoms with E-state index in [1.807, 2.05) is 11.7 Å². The lowest BCUT2D eigenvalue weighted by molar-refractivity contribution is 0.415. The Morgan fingerprint density at radius 3 is 2.63 bits per heavy atom. The fraction of sp³-hybridized carbons (Fsp3) is 0.400. The zero-order chi connectivity index (χ0) is 14.0. The van der Waals surface area contributed by atoms with Gasteiger partial charge in [0, 0.05) is 19.0 Å². The van der Waals surface area contributed by atoms with Crippen molar-refractivity contribution in [1.82, 2.24) is 9.78 Å². The Morgan fingerprint density at radius 2 is 2.00 bits per heavy atom. The van der Waals surface area contributed by atoms with Crippen LogP contribution >= 0.6 is 0 Å². The highest BCUT2D eigenvalue weighted by molar-refractivity contribution is 5.72. The topological polar surface area (TPSA) is 53.1 Å². The van der Waals surface area contributed by atoms with Crippen LogP contribution in [0.5, 0.6) is 5.75 Å². The zero-order valence-electron chi connectivity index (χ0n) is 12.0. The van der Waals surface area contributed by atoms with Crippen LogP contribution in [0.15, 0.2) is 18.2 Å². The van der Waals surface area contributed by atoms with Crippen molar-refractivity contribution in [3.8, 4) is 17.0 Å². The molecule has 2 rings (SSSR count). The number of nitrogens with zero attached hydrogens (tertiary/aromatic N) is 2. The first-order valence-corrected chi connectivity index (χ1v) is 6.45. The number of nitrogens with two attached hydrogens (primary N) is 1. The first-order chi connectivity index (χ1) is 9.06. The summed E-state index contributed by atoms with van der Waals surface area (Å²) < 4.78 is 7.41. The van der Waals surface area contributed by atoms with E-state index in [1.165, 1.54) is 11.1 Å². The molecule has 1 aromatic carbocycles. The van der Waals surface area contributed by atoms with Gasteiger partial charge in [-0.25, -0.2) is 0 Å². The minimum atomic E-state index is 0.612. The molecule has 0 amide bonds. The molecule has 2 N–H and O–H groups in total. The number of hydrogen-bond acceptors (Lipinski definition) is 3. The molecule has 0 saturated heterocycles. The zero-order valence-corrected chi connectivity index (χ0v) is 12.0. The highest BCUT2D eigenvalue weighted by atomic mass is 16.5. The van der Waals surface area contributed by atoms with Gasteiger partial charge in [-0.05, 0) is 43.7 Å². The molecule has 0 atom stereocenters. The van der Waals surface area contributed by atoms with Crippen molar-refractivity contribution in [3.63, 3.8) is 0 Å². The number of aryl methyl sites for hydroxylation is 3. The largest absolute Gasteiger partial charge is 0.496 e. The number of methoxy groups -OCH3 is 1. The highest BCUT2D eigenvalue weighted by Crippen LogP contribution is 2.34. The summed E-state index contributed by atoms with van der Waals surface area (Å²) >= 11 is 0. The molecule has 0 radical (unpaired) electrons. The molecule has 0 spiro atoms. The van der Waals surface area contributed by atoms with E-state index in [9.17, 15) is 0 Å². The van der Waals surface area contributed by atoms with Gasteiger partial charge in [-0.15, -0.1) is 0 Å². The molecule has 0 aliphatic carbocycles. The van der Waals surface area contributed by atoms with Gasteiger partial charge in [-0.2, -0.15) is 5.10 Å². The van der Waals surface area contributed by atoms with Crippen molar-refractivity contribution in [1.29, 1.82) is 0 Å². The van der Waals surface area contributed by atoms with Crippen molar-refractivity contribution in [3.05, 3.63) is 35.0 Å². The summed E-state index contributed by atoms with van der Waals surface area (Å²) in [5.41, 5.74) is 11.2. The van der Waals surface area contributed by atoms with E-state index in [-0.39, 0.29) is 0 Å². The predicted octanol–water partition coefficient (Wildman–Crippen LogP) is 2.21. The quantitative estimate of drug-likeness (QED) is 0.916. The van der Waals surface area contributed by atoms with Crippen LogP contribution in [-0.4, -0.2) is 23.4 Å². The summed E-state index contributed by atoms with van der Waals surface area (Å²) in [6.45, 7) is 4.78. The fourth-order valence-electron chi connectivity index (χ4n) is 2.45. The Labute approximate surface area is 114 Å². The van der Waals surface area contributed by atoms with Gasteiger partial charge in [0.2, 0.25) is 0 Å². The average Bonchev–Trinajstić information content (AvgIpc) is 2.69. The summed E-state index contributed by atoms with van der Waals surface area (Å²) in [6, 6.07) is 6.30. The molecule has 4 nitrogen and oxygen atoms in total. The Kier molecular flexibility index (Phi) is 3.90. The fourth-order valence-corrected chi connectivity index (χ4v) is 2.45. The molecule has 0 saturated carbocycles. The van der Waals surface area contributed by atoms with Crippen molar-refractivity contribution < 1.29 is 4.74 Å². The first kappa shape index (κ1) is 13.6. The smallest absolute Gasteiger partial charge is 0.128 e. The Bertz CT molecular complexity index is 587. The second kappa shape index (κ2) is 5.45. The third-order valence-electron chi connectivity index (χ3n) is 3.25. The van der Waals surface area contributed by atoms with Gasteiger partial charge >= 0.3 is 0 Å². The lowest BCUT2D eigenvalue weighted by Crippen LogP contribution is -2.03. The minimum absolute atomic E-state index is 0.612. The molecule has 1 heterocycles. The van der Waals surface area contributed by atoms with E-state index in [0.29, 0.717) is 6.54 Å². The van der Waals surface area contributed by atoms with E-state index in [0.717, 1.165) is 29.1 Å². The van der Waals surface area contributed by atoms with Crippen LogP contribution in [0, 0.1) is 13.8 Å². The maximum Gasteiger partial charge on any atom is 0.128 e. The Hall–Kier alpha value is -1.81. The van der Waals surface area contributed by atoms with Crippen LogP contribution in [0.4, 0.5) is 0 Å². The van der Waals surface area contributed by atoms with Gasteiger partial charge in [-0.3, -0.25) is 4.68 Å². The van der Waals surface area contributed by atoms with Crippen molar-refractivity contribution >= 4 is 0 Å². The number of hydrogen-bond donors (Lipinski definition) is 1. The van der Waals surface area contributed by atoms with Crippen LogP contribution in [0.3, 0.4) is 0 Å². The summed E-state index contributed by atoms with van der Waals surface area (Å²) in [5, 5.41) is 4.50. The Morgan fingerprint density at radius 1 is 1.26 bits per heavy atom. The van der Waals surface area contributed by atoms with E-state index in [2.05, 4.69) is 37.1 Å². The first-order valence-electron chi connectivity index (χ1n) is 6.45. The number of aromatic nitrogens is 2. The van der Waals surface area contributed by atoms with Gasteiger partial charge in [0.15, 0.2) is 0 Å². The van der Waals surface area contributed by atoms with Crippen LogP contribution in [0.2, 0.25) is 0 Å². The molecule has 0 bridgehead atoms. The van der Waals surface area contributed by atoms with E-state index >= 15 is 0 Å². The SMILES string of the molecule is COc1cc(C)cc(C)c1-c1cc(CCN)nn1C. The van der Waals surface area contributed by atoms with Gasteiger partial charge in [-0.1, -0.05) is 6.07 Å². The maximum absolute atomic E-state index is 5.59. The van der Waals surface area contributed by atoms with Gasteiger partial charge < -0.3 is 10.5 Å². The predicted molar refractivity (Wildman–Crippen MR) is 77.4 cm³/mol. The summed E-state index contributed by atoms with van der Waals surface area (Å²) in [5.74, 6) is 0.889. The molecule has 4 heteroatoms. The molecular weight excluding hydrogens is 238 g/mol. The van der Waals surface area contributed by atoms with Crippen molar-refractivity contribution in [2.24, 2.45) is 12.8 Å². The number of benzene rings is 1. The third-order valence-corrected chi connectivity index (χ3v) is 3.25. The van der Waals surface area contributed by atoms with E-state index in [1.54, 1.807) is 7.11 Å². The van der Waals surface area contributed by atoms with Gasteiger partial charge in [0.25, 0.3) is 0 Å². The number of ether oxygens (including phenoxy) is 1. The summed E-state index contributed by atoms with van der Waals surface area (Å²) in [7, 11) is 3.66. The summed E-state index contributed by atoms with van der Waals surface area (Å²) in [6.07, 6.45) is 0.793. The normalized spacial score (nSPS) is 10.8. The second-order valence-corrected chi connectivity index (χ2v) is 4.84. The molecule has 19 heavy (non-hydrogen) atoms. The van der Waals surface area contributed by atoms with Crippen molar-refractivity contribution in [2.75, 3.05) is 13.7 Å². The van der Waals surface area contributed by atoms with Gasteiger partial charge in [0.1, 0.15) is 5.75 Å².